The van der Waals surface area contributed by atoms with Gasteiger partial charge in [-0.15, -0.1) is 0 Å². The van der Waals surface area contributed by atoms with Crippen molar-refractivity contribution in [1.29, 1.82) is 0 Å². The lowest BCUT2D eigenvalue weighted by molar-refractivity contribution is -0.141. The Bertz CT molecular complexity index is 826. The Kier molecular flexibility index (Phi) is 3.94. The van der Waals surface area contributed by atoms with Gasteiger partial charge in [-0.1, -0.05) is 55.5 Å². The van der Waals surface area contributed by atoms with Gasteiger partial charge in [0.15, 0.2) is 0 Å². The number of rotatable bonds is 5. The van der Waals surface area contributed by atoms with Crippen LogP contribution in [0.5, 0.6) is 0 Å². The molecule has 1 amide bonds. The van der Waals surface area contributed by atoms with Crippen molar-refractivity contribution >= 4 is 12.1 Å². The van der Waals surface area contributed by atoms with Gasteiger partial charge in [-0.25, -0.2) is 9.59 Å². The summed E-state index contributed by atoms with van der Waals surface area (Å²) in [5, 5.41) is 11.9. The Labute approximate surface area is 152 Å². The molecule has 2 aliphatic carbocycles. The fourth-order valence-electron chi connectivity index (χ4n) is 3.78. The first-order valence-corrected chi connectivity index (χ1v) is 8.84. The van der Waals surface area contributed by atoms with Gasteiger partial charge in [0.2, 0.25) is 0 Å². The van der Waals surface area contributed by atoms with Crippen LogP contribution < -0.4 is 5.32 Å². The number of carbonyl (C=O) groups excluding carboxylic acids is 1. The van der Waals surface area contributed by atoms with Crippen LogP contribution in [0, 0.1) is 5.41 Å². The van der Waals surface area contributed by atoms with Crippen LogP contribution >= 0.6 is 0 Å². The van der Waals surface area contributed by atoms with Crippen molar-refractivity contribution in [3.63, 3.8) is 0 Å². The molecule has 5 nitrogen and oxygen atoms in total. The van der Waals surface area contributed by atoms with E-state index in [9.17, 15) is 14.7 Å². The Morgan fingerprint density at radius 2 is 1.65 bits per heavy atom. The van der Waals surface area contributed by atoms with E-state index in [0.29, 0.717) is 0 Å². The first kappa shape index (κ1) is 16.6. The number of benzene rings is 2. The molecule has 1 saturated carbocycles. The van der Waals surface area contributed by atoms with Crippen LogP contribution in [0.15, 0.2) is 48.5 Å². The molecule has 2 N–H and O–H groups in total. The second-order valence-electron chi connectivity index (χ2n) is 7.40. The molecule has 0 unspecified atom stereocenters. The molecule has 0 spiro atoms. The van der Waals surface area contributed by atoms with E-state index in [4.69, 9.17) is 4.74 Å². The highest BCUT2D eigenvalue weighted by atomic mass is 16.5. The Morgan fingerprint density at radius 3 is 2.15 bits per heavy atom. The minimum atomic E-state index is -1.02. The standard InChI is InChI=1S/C21H21NO4/c1-21(10-11-21)18(19(23)24)22-20(25)26-12-17-15-8-4-2-6-13(15)14-7-3-5-9-16(14)17/h2-9,17-18H,10-12H2,1H3,(H,22,25)(H,23,24)/t18-/m1/s1. The highest BCUT2D eigenvalue weighted by molar-refractivity contribution is 5.82. The molecule has 5 heteroatoms. The van der Waals surface area contributed by atoms with Crippen LogP contribution in [0.3, 0.4) is 0 Å². The van der Waals surface area contributed by atoms with Gasteiger partial charge in [-0.2, -0.15) is 0 Å². The summed E-state index contributed by atoms with van der Waals surface area (Å²) in [5.41, 5.74) is 4.21. The Morgan fingerprint density at radius 1 is 1.12 bits per heavy atom. The molecule has 1 atom stereocenters. The minimum absolute atomic E-state index is 0.0343. The lowest BCUT2D eigenvalue weighted by atomic mass is 9.98. The molecule has 0 aromatic heterocycles. The monoisotopic (exact) mass is 351 g/mol. The van der Waals surface area contributed by atoms with Crippen molar-refractivity contribution in [1.82, 2.24) is 5.32 Å². The topological polar surface area (TPSA) is 75.6 Å². The minimum Gasteiger partial charge on any atom is -0.480 e. The third kappa shape index (κ3) is 2.83. The molecule has 0 bridgehead atoms. The maximum absolute atomic E-state index is 12.2. The second-order valence-corrected chi connectivity index (χ2v) is 7.40. The zero-order valence-electron chi connectivity index (χ0n) is 14.6. The number of carboxylic acid groups (broad SMARTS) is 1. The maximum Gasteiger partial charge on any atom is 0.407 e. The summed E-state index contributed by atoms with van der Waals surface area (Å²) in [6.07, 6.45) is 0.925. The van der Waals surface area contributed by atoms with Gasteiger partial charge >= 0.3 is 12.1 Å². The predicted molar refractivity (Wildman–Crippen MR) is 97.0 cm³/mol. The number of carbonyl (C=O) groups is 2. The van der Waals surface area contributed by atoms with Gasteiger partial charge in [0.05, 0.1) is 0 Å². The number of aliphatic carboxylic acids is 1. The lowest BCUT2D eigenvalue weighted by Gasteiger charge is -2.21. The first-order chi connectivity index (χ1) is 12.5. The quantitative estimate of drug-likeness (QED) is 0.860. The number of nitrogens with one attached hydrogen (secondary N) is 1. The Balaban J connectivity index is 1.48. The third-order valence-corrected chi connectivity index (χ3v) is 5.59. The van der Waals surface area contributed by atoms with Crippen molar-refractivity contribution in [3.05, 3.63) is 59.7 Å². The summed E-state index contributed by atoms with van der Waals surface area (Å²) in [7, 11) is 0. The van der Waals surface area contributed by atoms with Crippen LogP contribution in [-0.4, -0.2) is 29.8 Å². The normalized spacial score (nSPS) is 17.7. The van der Waals surface area contributed by atoms with Crippen molar-refractivity contribution in [2.24, 2.45) is 5.41 Å². The third-order valence-electron chi connectivity index (χ3n) is 5.59. The van der Waals surface area contributed by atoms with Gasteiger partial charge < -0.3 is 15.2 Å². The molecule has 0 aliphatic heterocycles. The van der Waals surface area contributed by atoms with Gasteiger partial charge in [0, 0.05) is 5.92 Å². The van der Waals surface area contributed by atoms with Crippen LogP contribution in [-0.2, 0) is 9.53 Å². The molecule has 0 radical (unpaired) electrons. The van der Waals surface area contributed by atoms with Crippen molar-refractivity contribution in [2.75, 3.05) is 6.61 Å². The summed E-state index contributed by atoms with van der Waals surface area (Å²) >= 11 is 0. The number of hydrogen-bond donors (Lipinski definition) is 2. The zero-order chi connectivity index (χ0) is 18.3. The average molecular weight is 351 g/mol. The lowest BCUT2D eigenvalue weighted by Crippen LogP contribution is -2.46. The molecule has 1 fully saturated rings. The van der Waals surface area contributed by atoms with Crippen LogP contribution in [0.4, 0.5) is 4.79 Å². The van der Waals surface area contributed by atoms with Crippen molar-refractivity contribution in [2.45, 2.75) is 31.7 Å². The molecule has 26 heavy (non-hydrogen) atoms. The molecule has 134 valence electrons. The number of ether oxygens (including phenoxy) is 1. The van der Waals surface area contributed by atoms with E-state index >= 15 is 0 Å². The number of alkyl carbamates (subject to hydrolysis) is 1. The molecule has 4 rings (SSSR count). The van der Waals surface area contributed by atoms with Gasteiger partial charge in [-0.3, -0.25) is 0 Å². The molecule has 2 aromatic carbocycles. The summed E-state index contributed by atoms with van der Waals surface area (Å²) in [4.78, 5) is 23.7. The fourth-order valence-corrected chi connectivity index (χ4v) is 3.78. The van der Waals surface area contributed by atoms with Gasteiger partial charge in [-0.05, 0) is 40.5 Å². The molecule has 0 saturated heterocycles. The number of carboxylic acids is 1. The molecule has 2 aliphatic rings. The van der Waals surface area contributed by atoms with Gasteiger partial charge in [0.25, 0.3) is 0 Å². The smallest absolute Gasteiger partial charge is 0.407 e. The van der Waals surface area contributed by atoms with Crippen molar-refractivity contribution in [3.8, 4) is 11.1 Å². The van der Waals surface area contributed by atoms with E-state index in [0.717, 1.165) is 35.1 Å². The summed E-state index contributed by atoms with van der Waals surface area (Å²) < 4.78 is 5.43. The number of fused-ring (bicyclic) bond motifs is 3. The van der Waals surface area contributed by atoms with E-state index in [1.54, 1.807) is 0 Å². The molecular formula is C21H21NO4. The average Bonchev–Trinajstić information content (AvgIpc) is 3.30. The fraction of sp³-hybridized carbons (Fsp3) is 0.333. The highest BCUT2D eigenvalue weighted by Gasteiger charge is 2.49. The van der Waals surface area contributed by atoms with E-state index in [1.165, 1.54) is 0 Å². The number of hydrogen-bond acceptors (Lipinski definition) is 3. The largest absolute Gasteiger partial charge is 0.480 e. The van der Waals surface area contributed by atoms with Crippen LogP contribution in [0.25, 0.3) is 11.1 Å². The van der Waals surface area contributed by atoms with E-state index < -0.39 is 18.1 Å². The summed E-state index contributed by atoms with van der Waals surface area (Å²) in [6.45, 7) is 2.05. The molecule has 2 aromatic rings. The Hall–Kier alpha value is -2.82. The summed E-state index contributed by atoms with van der Waals surface area (Å²) in [6, 6.07) is 15.3. The summed E-state index contributed by atoms with van der Waals surface area (Å²) in [5.74, 6) is -1.05. The predicted octanol–water partition coefficient (Wildman–Crippen LogP) is 3.78. The maximum atomic E-state index is 12.2. The molecular weight excluding hydrogens is 330 g/mol. The van der Waals surface area contributed by atoms with Gasteiger partial charge in [0.1, 0.15) is 12.6 Å². The second kappa shape index (κ2) is 6.16. The van der Waals surface area contributed by atoms with E-state index in [2.05, 4.69) is 17.4 Å². The van der Waals surface area contributed by atoms with Crippen LogP contribution in [0.2, 0.25) is 0 Å². The SMILES string of the molecule is CC1([C@H](NC(=O)OCC2c3ccccc3-c3ccccc32)C(=O)O)CC1. The highest BCUT2D eigenvalue weighted by Crippen LogP contribution is 2.48. The number of amides is 1. The molecule has 0 heterocycles. The zero-order valence-corrected chi connectivity index (χ0v) is 14.6. The first-order valence-electron chi connectivity index (χ1n) is 8.84. The van der Waals surface area contributed by atoms with E-state index in [-0.39, 0.29) is 17.9 Å². The van der Waals surface area contributed by atoms with E-state index in [1.807, 2.05) is 43.3 Å². The van der Waals surface area contributed by atoms with Crippen LogP contribution in [0.1, 0.15) is 36.8 Å². The van der Waals surface area contributed by atoms with Crippen molar-refractivity contribution < 1.29 is 19.4 Å².